The lowest BCUT2D eigenvalue weighted by molar-refractivity contribution is 0.0972. The zero-order chi connectivity index (χ0) is 11.7. The first-order valence-electron chi connectivity index (χ1n) is 7.36. The minimum Gasteiger partial charge on any atom is -0.411 e. The second-order valence-electron chi connectivity index (χ2n) is 6.00. The smallest absolute Gasteiger partial charge is 0.0648 e. The molecule has 1 saturated heterocycles. The molecule has 0 aromatic rings. The Kier molecular flexibility index (Phi) is 3.37. The molecule has 1 aliphatic heterocycles. The second-order valence-corrected chi connectivity index (χ2v) is 6.00. The van der Waals surface area contributed by atoms with Crippen molar-refractivity contribution in [3.63, 3.8) is 0 Å². The molecule has 2 saturated carbocycles. The van der Waals surface area contributed by atoms with E-state index in [2.05, 4.69) is 10.1 Å². The highest BCUT2D eigenvalue weighted by molar-refractivity contribution is 5.90. The van der Waals surface area contributed by atoms with Gasteiger partial charge in [-0.2, -0.15) is 0 Å². The number of fused-ring (bicyclic) bond motifs is 2. The number of oxime groups is 1. The van der Waals surface area contributed by atoms with Gasteiger partial charge >= 0.3 is 0 Å². The van der Waals surface area contributed by atoms with Gasteiger partial charge in [-0.15, -0.1) is 0 Å². The van der Waals surface area contributed by atoms with Crippen LogP contribution in [0, 0.1) is 11.8 Å². The number of hydrogen-bond donors (Lipinski definition) is 1. The molecule has 3 unspecified atom stereocenters. The van der Waals surface area contributed by atoms with Crippen LogP contribution in [-0.2, 0) is 0 Å². The Bertz CT molecular complexity index is 297. The van der Waals surface area contributed by atoms with E-state index in [-0.39, 0.29) is 0 Å². The molecule has 17 heavy (non-hydrogen) atoms. The number of nitrogens with zero attached hydrogens (tertiary/aromatic N) is 2. The Balaban J connectivity index is 1.76. The number of likely N-dealkylation sites (tertiary alicyclic amines) is 1. The summed E-state index contributed by atoms with van der Waals surface area (Å²) in [6, 6.07) is 0.678. The van der Waals surface area contributed by atoms with Crippen molar-refractivity contribution in [2.75, 3.05) is 13.1 Å². The van der Waals surface area contributed by atoms with E-state index in [1.165, 1.54) is 64.5 Å². The minimum absolute atomic E-state index is 0.561. The standard InChI is InChI=1S/C14H24N2O/c17-15-14-11-5-4-6-12(14)13(8-7-11)16-9-2-1-3-10-16/h11-13,17H,1-10H2. The molecule has 0 radical (unpaired) electrons. The van der Waals surface area contributed by atoms with Gasteiger partial charge in [0, 0.05) is 17.9 Å². The molecular weight excluding hydrogens is 212 g/mol. The third-order valence-corrected chi connectivity index (χ3v) is 5.12. The summed E-state index contributed by atoms with van der Waals surface area (Å²) in [4.78, 5) is 2.68. The monoisotopic (exact) mass is 236 g/mol. The molecule has 3 heteroatoms. The highest BCUT2D eigenvalue weighted by atomic mass is 16.4. The second kappa shape index (κ2) is 4.97. The Hall–Kier alpha value is -0.570. The molecule has 1 N–H and O–H groups in total. The summed E-state index contributed by atoms with van der Waals surface area (Å²) in [5, 5.41) is 12.9. The Morgan fingerprint density at radius 1 is 0.941 bits per heavy atom. The molecule has 3 nitrogen and oxygen atoms in total. The number of piperidine rings is 1. The minimum atomic E-state index is 0.561. The van der Waals surface area contributed by atoms with Crippen molar-refractivity contribution >= 4 is 5.71 Å². The maximum Gasteiger partial charge on any atom is 0.0648 e. The van der Waals surface area contributed by atoms with E-state index in [4.69, 9.17) is 0 Å². The van der Waals surface area contributed by atoms with Crippen LogP contribution in [0.3, 0.4) is 0 Å². The summed E-state index contributed by atoms with van der Waals surface area (Å²) in [5.74, 6) is 1.16. The molecule has 0 aromatic carbocycles. The molecule has 3 fully saturated rings. The number of rotatable bonds is 1. The lowest BCUT2D eigenvalue weighted by atomic mass is 9.67. The molecule has 3 aliphatic rings. The molecule has 1 heterocycles. The van der Waals surface area contributed by atoms with Gasteiger partial charge in [0.25, 0.3) is 0 Å². The summed E-state index contributed by atoms with van der Waals surface area (Å²) >= 11 is 0. The summed E-state index contributed by atoms with van der Waals surface area (Å²) in [7, 11) is 0. The van der Waals surface area contributed by atoms with E-state index in [0.717, 1.165) is 5.71 Å². The van der Waals surface area contributed by atoms with Crippen molar-refractivity contribution in [2.24, 2.45) is 17.0 Å². The molecular formula is C14H24N2O. The fourth-order valence-corrected chi connectivity index (χ4v) is 4.28. The Labute approximate surface area is 104 Å². The molecule has 96 valence electrons. The maximum atomic E-state index is 9.28. The van der Waals surface area contributed by atoms with Crippen molar-refractivity contribution in [3.05, 3.63) is 0 Å². The lowest BCUT2D eigenvalue weighted by Crippen LogP contribution is -2.51. The summed E-state index contributed by atoms with van der Waals surface area (Å²) < 4.78 is 0. The van der Waals surface area contributed by atoms with E-state index < -0.39 is 0 Å². The van der Waals surface area contributed by atoms with Crippen molar-refractivity contribution in [1.29, 1.82) is 0 Å². The van der Waals surface area contributed by atoms with E-state index in [9.17, 15) is 5.21 Å². The highest BCUT2D eigenvalue weighted by Gasteiger charge is 2.41. The first kappa shape index (κ1) is 11.5. The zero-order valence-corrected chi connectivity index (χ0v) is 10.6. The maximum absolute atomic E-state index is 9.28. The SMILES string of the molecule is ON=C1C2CCCC1C(N1CCCCC1)CC2. The van der Waals surface area contributed by atoms with Gasteiger partial charge in [-0.1, -0.05) is 18.0 Å². The van der Waals surface area contributed by atoms with Gasteiger partial charge in [0.05, 0.1) is 5.71 Å². The third kappa shape index (κ3) is 2.10. The van der Waals surface area contributed by atoms with E-state index in [1.54, 1.807) is 0 Å². The fraction of sp³-hybridized carbons (Fsp3) is 0.929. The highest BCUT2D eigenvalue weighted by Crippen LogP contribution is 2.40. The van der Waals surface area contributed by atoms with Gasteiger partial charge in [0.2, 0.25) is 0 Å². The molecule has 2 aliphatic carbocycles. The van der Waals surface area contributed by atoms with E-state index in [1.807, 2.05) is 0 Å². The molecule has 3 rings (SSSR count). The van der Waals surface area contributed by atoms with Crippen molar-refractivity contribution in [2.45, 2.75) is 57.4 Å². The number of hydrogen-bond acceptors (Lipinski definition) is 3. The summed E-state index contributed by atoms with van der Waals surface area (Å²) in [5.41, 5.74) is 1.14. The van der Waals surface area contributed by atoms with Crippen molar-refractivity contribution in [3.8, 4) is 0 Å². The normalized spacial score (nSPS) is 41.6. The van der Waals surface area contributed by atoms with Crippen LogP contribution < -0.4 is 0 Å². The van der Waals surface area contributed by atoms with Gasteiger partial charge in [-0.05, 0) is 51.6 Å². The molecule has 3 atom stereocenters. The molecule has 0 amide bonds. The van der Waals surface area contributed by atoms with Gasteiger partial charge in [0.1, 0.15) is 0 Å². The van der Waals surface area contributed by atoms with Crippen LogP contribution in [0.4, 0.5) is 0 Å². The predicted octanol–water partition coefficient (Wildman–Crippen LogP) is 2.88. The van der Waals surface area contributed by atoms with Crippen molar-refractivity contribution < 1.29 is 5.21 Å². The van der Waals surface area contributed by atoms with E-state index in [0.29, 0.717) is 17.9 Å². The predicted molar refractivity (Wildman–Crippen MR) is 68.5 cm³/mol. The first-order valence-corrected chi connectivity index (χ1v) is 7.36. The largest absolute Gasteiger partial charge is 0.411 e. The Morgan fingerprint density at radius 3 is 2.53 bits per heavy atom. The quantitative estimate of drug-likeness (QED) is 0.561. The Morgan fingerprint density at radius 2 is 1.76 bits per heavy atom. The summed E-state index contributed by atoms with van der Waals surface area (Å²) in [6.45, 7) is 2.54. The van der Waals surface area contributed by atoms with Crippen LogP contribution in [0.15, 0.2) is 5.16 Å². The summed E-state index contributed by atoms with van der Waals surface area (Å²) in [6.07, 6.45) is 10.5. The topological polar surface area (TPSA) is 35.8 Å². The van der Waals surface area contributed by atoms with Crippen LogP contribution >= 0.6 is 0 Å². The first-order chi connectivity index (χ1) is 8.40. The zero-order valence-electron chi connectivity index (χ0n) is 10.6. The third-order valence-electron chi connectivity index (χ3n) is 5.12. The molecule has 0 spiro atoms. The van der Waals surface area contributed by atoms with Crippen LogP contribution in [0.25, 0.3) is 0 Å². The average molecular weight is 236 g/mol. The average Bonchev–Trinajstić information content (AvgIpc) is 2.39. The van der Waals surface area contributed by atoms with Gasteiger partial charge in [-0.25, -0.2) is 0 Å². The molecule has 2 bridgehead atoms. The van der Waals surface area contributed by atoms with E-state index >= 15 is 0 Å². The van der Waals surface area contributed by atoms with Crippen LogP contribution in [-0.4, -0.2) is 35.0 Å². The lowest BCUT2D eigenvalue weighted by Gasteiger charge is -2.46. The fourth-order valence-electron chi connectivity index (χ4n) is 4.28. The molecule has 0 aromatic heterocycles. The van der Waals surface area contributed by atoms with Crippen molar-refractivity contribution in [1.82, 2.24) is 4.90 Å². The van der Waals surface area contributed by atoms with Crippen LogP contribution in [0.1, 0.15) is 51.4 Å². The van der Waals surface area contributed by atoms with Gasteiger partial charge in [-0.3, -0.25) is 4.90 Å². The van der Waals surface area contributed by atoms with Gasteiger partial charge in [0.15, 0.2) is 0 Å². The van der Waals surface area contributed by atoms with Crippen LogP contribution in [0.2, 0.25) is 0 Å². The van der Waals surface area contributed by atoms with Crippen LogP contribution in [0.5, 0.6) is 0 Å². The van der Waals surface area contributed by atoms with Gasteiger partial charge < -0.3 is 5.21 Å².